The normalized spacial score (nSPS) is 12.8. The molecule has 0 spiro atoms. The summed E-state index contributed by atoms with van der Waals surface area (Å²) in [6, 6.07) is 13.3. The molecule has 1 nitrogen and oxygen atoms in total. The second kappa shape index (κ2) is 7.26. The smallest absolute Gasteiger partial charge is 0.0931 e. The Hall–Kier alpha value is -0.830. The van der Waals surface area contributed by atoms with Crippen molar-refractivity contribution in [2.75, 3.05) is 0 Å². The molecule has 1 aromatic carbocycles. The zero-order chi connectivity index (χ0) is 14.5. The average Bonchev–Trinajstić information content (AvgIpc) is 2.84. The molecule has 1 N–H and O–H groups in total. The van der Waals surface area contributed by atoms with Gasteiger partial charge in [-0.25, -0.2) is 0 Å². The fourth-order valence-electron chi connectivity index (χ4n) is 2.20. The summed E-state index contributed by atoms with van der Waals surface area (Å²) in [5, 5.41) is 3.54. The lowest BCUT2D eigenvalue weighted by Crippen LogP contribution is -2.17. The minimum absolute atomic E-state index is 0.336. The molecule has 108 valence electrons. The van der Waals surface area contributed by atoms with Gasteiger partial charge in [0, 0.05) is 17.5 Å². The monoisotopic (exact) mass is 307 g/mol. The third-order valence-corrected chi connectivity index (χ3v) is 4.71. The molecule has 1 heterocycles. The lowest BCUT2D eigenvalue weighted by Gasteiger charge is -2.12. The maximum atomic E-state index is 5.97. The molecule has 1 atom stereocenters. The van der Waals surface area contributed by atoms with Crippen LogP contribution in [-0.4, -0.2) is 0 Å². The van der Waals surface area contributed by atoms with Gasteiger partial charge in [-0.05, 0) is 42.5 Å². The Kier molecular flexibility index (Phi) is 5.64. The molecule has 0 saturated carbocycles. The van der Waals surface area contributed by atoms with E-state index in [1.54, 1.807) is 11.3 Å². The molecule has 0 fully saturated rings. The Morgan fingerprint density at radius 2 is 1.65 bits per heavy atom. The molecule has 1 aromatic heterocycles. The van der Waals surface area contributed by atoms with Crippen LogP contribution < -0.4 is 5.32 Å². The minimum Gasteiger partial charge on any atom is -0.305 e. The van der Waals surface area contributed by atoms with Gasteiger partial charge in [0.1, 0.15) is 0 Å². The Morgan fingerprint density at radius 1 is 1.00 bits per heavy atom. The molecule has 0 amide bonds. The van der Waals surface area contributed by atoms with Crippen molar-refractivity contribution in [3.8, 4) is 0 Å². The lowest BCUT2D eigenvalue weighted by atomic mass is 10.0. The predicted molar refractivity (Wildman–Crippen MR) is 89.6 cm³/mol. The predicted octanol–water partition coefficient (Wildman–Crippen LogP) is 5.45. The quantitative estimate of drug-likeness (QED) is 0.748. The SMILES string of the molecule is CC(C)Cc1ccc(CNC(C)c2ccc(Cl)s2)cc1. The van der Waals surface area contributed by atoms with Crippen molar-refractivity contribution in [3.63, 3.8) is 0 Å². The van der Waals surface area contributed by atoms with E-state index in [0.29, 0.717) is 12.0 Å². The minimum atomic E-state index is 0.336. The molecule has 0 saturated heterocycles. The molecule has 0 bridgehead atoms. The molecular formula is C17H22ClNS. The Labute approximate surface area is 131 Å². The highest BCUT2D eigenvalue weighted by Gasteiger charge is 2.07. The summed E-state index contributed by atoms with van der Waals surface area (Å²) in [4.78, 5) is 1.28. The van der Waals surface area contributed by atoms with E-state index in [1.165, 1.54) is 16.0 Å². The highest BCUT2D eigenvalue weighted by atomic mass is 35.5. The number of halogens is 1. The zero-order valence-electron chi connectivity index (χ0n) is 12.3. The fourth-order valence-corrected chi connectivity index (χ4v) is 3.28. The maximum Gasteiger partial charge on any atom is 0.0931 e. The summed E-state index contributed by atoms with van der Waals surface area (Å²) in [7, 11) is 0. The average molecular weight is 308 g/mol. The van der Waals surface area contributed by atoms with Crippen LogP contribution in [0, 0.1) is 5.92 Å². The van der Waals surface area contributed by atoms with Crippen molar-refractivity contribution in [2.45, 2.75) is 39.8 Å². The molecule has 2 aromatic rings. The highest BCUT2D eigenvalue weighted by Crippen LogP contribution is 2.26. The van der Waals surface area contributed by atoms with Gasteiger partial charge in [-0.2, -0.15) is 0 Å². The summed E-state index contributed by atoms with van der Waals surface area (Å²) in [6.07, 6.45) is 1.15. The molecule has 0 radical (unpaired) electrons. The second-order valence-corrected chi connectivity index (χ2v) is 7.41. The summed E-state index contributed by atoms with van der Waals surface area (Å²) in [5.74, 6) is 0.711. The number of hydrogen-bond donors (Lipinski definition) is 1. The van der Waals surface area contributed by atoms with E-state index in [9.17, 15) is 0 Å². The van der Waals surface area contributed by atoms with Gasteiger partial charge >= 0.3 is 0 Å². The number of nitrogens with one attached hydrogen (secondary N) is 1. The lowest BCUT2D eigenvalue weighted by molar-refractivity contribution is 0.582. The number of hydrogen-bond acceptors (Lipinski definition) is 2. The van der Waals surface area contributed by atoms with Gasteiger partial charge in [-0.1, -0.05) is 49.7 Å². The zero-order valence-corrected chi connectivity index (χ0v) is 13.9. The third-order valence-electron chi connectivity index (χ3n) is 3.30. The van der Waals surface area contributed by atoms with Crippen LogP contribution in [0.4, 0.5) is 0 Å². The molecule has 2 rings (SSSR count). The van der Waals surface area contributed by atoms with E-state index in [1.807, 2.05) is 6.07 Å². The van der Waals surface area contributed by atoms with Gasteiger partial charge in [-0.15, -0.1) is 11.3 Å². The highest BCUT2D eigenvalue weighted by molar-refractivity contribution is 7.16. The van der Waals surface area contributed by atoms with Crippen molar-refractivity contribution in [3.05, 3.63) is 56.7 Å². The summed E-state index contributed by atoms with van der Waals surface area (Å²) in [6.45, 7) is 7.57. The van der Waals surface area contributed by atoms with Gasteiger partial charge in [0.25, 0.3) is 0 Å². The van der Waals surface area contributed by atoms with Gasteiger partial charge in [0.05, 0.1) is 4.34 Å². The largest absolute Gasteiger partial charge is 0.305 e. The van der Waals surface area contributed by atoms with Crippen LogP contribution in [0.2, 0.25) is 4.34 Å². The van der Waals surface area contributed by atoms with Crippen LogP contribution in [0.25, 0.3) is 0 Å². The van der Waals surface area contributed by atoms with Crippen LogP contribution in [0.5, 0.6) is 0 Å². The Morgan fingerprint density at radius 3 is 2.20 bits per heavy atom. The van der Waals surface area contributed by atoms with Crippen molar-refractivity contribution in [1.82, 2.24) is 5.32 Å². The molecular weight excluding hydrogens is 286 g/mol. The van der Waals surface area contributed by atoms with Crippen LogP contribution >= 0.6 is 22.9 Å². The first-order valence-electron chi connectivity index (χ1n) is 7.11. The number of rotatable bonds is 6. The van der Waals surface area contributed by atoms with E-state index in [4.69, 9.17) is 11.6 Å². The number of benzene rings is 1. The van der Waals surface area contributed by atoms with Gasteiger partial charge in [-0.3, -0.25) is 0 Å². The van der Waals surface area contributed by atoms with E-state index in [-0.39, 0.29) is 0 Å². The molecule has 0 aliphatic rings. The fraction of sp³-hybridized carbons (Fsp3) is 0.412. The van der Waals surface area contributed by atoms with Gasteiger partial charge in [0.15, 0.2) is 0 Å². The standard InChI is InChI=1S/C17H22ClNS/c1-12(2)10-14-4-6-15(7-5-14)11-19-13(3)16-8-9-17(18)20-16/h4-9,12-13,19H,10-11H2,1-3H3. The van der Waals surface area contributed by atoms with Crippen molar-refractivity contribution >= 4 is 22.9 Å². The van der Waals surface area contributed by atoms with Crippen molar-refractivity contribution < 1.29 is 0 Å². The van der Waals surface area contributed by atoms with Crippen LogP contribution in [0.1, 0.15) is 42.8 Å². The molecule has 0 aliphatic carbocycles. The van der Waals surface area contributed by atoms with E-state index >= 15 is 0 Å². The Bertz CT molecular complexity index is 530. The first-order chi connectivity index (χ1) is 9.54. The topological polar surface area (TPSA) is 12.0 Å². The molecule has 3 heteroatoms. The Balaban J connectivity index is 1.87. The summed E-state index contributed by atoms with van der Waals surface area (Å²) in [5.41, 5.74) is 2.74. The van der Waals surface area contributed by atoms with Gasteiger partial charge < -0.3 is 5.32 Å². The van der Waals surface area contributed by atoms with Crippen LogP contribution in [0.15, 0.2) is 36.4 Å². The summed E-state index contributed by atoms with van der Waals surface area (Å²) >= 11 is 7.61. The van der Waals surface area contributed by atoms with Gasteiger partial charge in [0.2, 0.25) is 0 Å². The second-order valence-electron chi connectivity index (χ2n) is 5.66. The third kappa shape index (κ3) is 4.62. The van der Waals surface area contributed by atoms with E-state index in [2.05, 4.69) is 56.4 Å². The first kappa shape index (κ1) is 15.6. The van der Waals surface area contributed by atoms with Crippen LogP contribution in [-0.2, 0) is 13.0 Å². The van der Waals surface area contributed by atoms with E-state index < -0.39 is 0 Å². The van der Waals surface area contributed by atoms with Crippen LogP contribution in [0.3, 0.4) is 0 Å². The maximum absolute atomic E-state index is 5.97. The van der Waals surface area contributed by atoms with Crippen molar-refractivity contribution in [2.24, 2.45) is 5.92 Å². The molecule has 20 heavy (non-hydrogen) atoms. The van der Waals surface area contributed by atoms with Crippen molar-refractivity contribution in [1.29, 1.82) is 0 Å². The number of thiophene rings is 1. The summed E-state index contributed by atoms with van der Waals surface area (Å²) < 4.78 is 0.853. The first-order valence-corrected chi connectivity index (χ1v) is 8.30. The molecule has 1 unspecified atom stereocenters. The molecule has 0 aliphatic heterocycles. The van der Waals surface area contributed by atoms with E-state index in [0.717, 1.165) is 17.3 Å².